The van der Waals surface area contributed by atoms with E-state index in [0.29, 0.717) is 6.42 Å². The molecule has 1 fully saturated rings. The van der Waals surface area contributed by atoms with E-state index in [4.69, 9.17) is 5.11 Å². The summed E-state index contributed by atoms with van der Waals surface area (Å²) in [5.41, 5.74) is 0. The third-order valence-corrected chi connectivity index (χ3v) is 4.63. The molecule has 19 heavy (non-hydrogen) atoms. The second kappa shape index (κ2) is 6.74. The van der Waals surface area contributed by atoms with Crippen LogP contribution in [0.15, 0.2) is 0 Å². The standard InChI is InChI=1S/C11H20N2O5S/c1-2-3-9(8-10(14)15)12-11(16)13-4-6-19(17,18)7-5-13/h9H,2-8H2,1H3,(H,12,16)(H,14,15). The fraction of sp³-hybridized carbons (Fsp3) is 0.818. The summed E-state index contributed by atoms with van der Waals surface area (Å²) < 4.78 is 22.5. The van der Waals surface area contributed by atoms with Gasteiger partial charge in [0, 0.05) is 19.1 Å². The average molecular weight is 292 g/mol. The number of hydrogen-bond donors (Lipinski definition) is 2. The number of urea groups is 1. The minimum atomic E-state index is -3.02. The zero-order valence-corrected chi connectivity index (χ0v) is 11.8. The number of amides is 2. The SMILES string of the molecule is CCCC(CC(=O)O)NC(=O)N1CCS(=O)(=O)CC1. The van der Waals surface area contributed by atoms with Gasteiger partial charge in [-0.05, 0) is 6.42 Å². The summed E-state index contributed by atoms with van der Waals surface area (Å²) in [5, 5.41) is 11.4. The van der Waals surface area contributed by atoms with Gasteiger partial charge in [0.15, 0.2) is 9.84 Å². The van der Waals surface area contributed by atoms with Crippen LogP contribution in [0, 0.1) is 0 Å². The lowest BCUT2D eigenvalue weighted by molar-refractivity contribution is -0.137. The lowest BCUT2D eigenvalue weighted by Crippen LogP contribution is -2.51. The van der Waals surface area contributed by atoms with Crippen LogP contribution in [0.25, 0.3) is 0 Å². The minimum Gasteiger partial charge on any atom is -0.481 e. The molecular formula is C11H20N2O5S. The molecule has 0 aliphatic carbocycles. The summed E-state index contributed by atoms with van der Waals surface area (Å²) in [6.07, 6.45) is 1.24. The van der Waals surface area contributed by atoms with Crippen molar-refractivity contribution in [3.8, 4) is 0 Å². The highest BCUT2D eigenvalue weighted by Crippen LogP contribution is 2.07. The zero-order chi connectivity index (χ0) is 14.5. The van der Waals surface area contributed by atoms with Crippen molar-refractivity contribution in [2.75, 3.05) is 24.6 Å². The topological polar surface area (TPSA) is 104 Å². The molecule has 0 aromatic carbocycles. The average Bonchev–Trinajstić information content (AvgIpc) is 2.28. The van der Waals surface area contributed by atoms with E-state index >= 15 is 0 Å². The number of carboxylic acids is 1. The van der Waals surface area contributed by atoms with E-state index < -0.39 is 21.8 Å². The normalized spacial score (nSPS) is 19.7. The molecule has 1 saturated heterocycles. The molecule has 0 aromatic heterocycles. The Morgan fingerprint density at radius 1 is 1.32 bits per heavy atom. The molecule has 8 heteroatoms. The quantitative estimate of drug-likeness (QED) is 0.746. The van der Waals surface area contributed by atoms with Crippen LogP contribution < -0.4 is 5.32 Å². The Bertz CT molecular complexity index is 420. The van der Waals surface area contributed by atoms with Crippen molar-refractivity contribution in [1.82, 2.24) is 10.2 Å². The van der Waals surface area contributed by atoms with Crippen molar-refractivity contribution >= 4 is 21.8 Å². The monoisotopic (exact) mass is 292 g/mol. The van der Waals surface area contributed by atoms with Crippen LogP contribution in [-0.4, -0.2) is 61.1 Å². The summed E-state index contributed by atoms with van der Waals surface area (Å²) in [4.78, 5) is 24.0. The minimum absolute atomic E-state index is 0.0300. The van der Waals surface area contributed by atoms with Crippen LogP contribution in [0.2, 0.25) is 0 Å². The van der Waals surface area contributed by atoms with Crippen LogP contribution in [0.3, 0.4) is 0 Å². The predicted octanol–water partition coefficient (Wildman–Crippen LogP) is 0.0698. The first-order valence-corrected chi connectivity index (χ1v) is 8.14. The number of hydrogen-bond acceptors (Lipinski definition) is 4. The molecule has 0 bridgehead atoms. The molecule has 1 heterocycles. The first-order chi connectivity index (χ1) is 8.84. The summed E-state index contributed by atoms with van der Waals surface area (Å²) in [6.45, 7) is 2.24. The van der Waals surface area contributed by atoms with Gasteiger partial charge in [0.2, 0.25) is 0 Å². The Morgan fingerprint density at radius 3 is 2.37 bits per heavy atom. The van der Waals surface area contributed by atoms with Crippen LogP contribution in [0.5, 0.6) is 0 Å². The first kappa shape index (κ1) is 15.7. The maximum atomic E-state index is 11.9. The number of nitrogens with zero attached hydrogens (tertiary/aromatic N) is 1. The van der Waals surface area contributed by atoms with Crippen LogP contribution >= 0.6 is 0 Å². The van der Waals surface area contributed by atoms with E-state index in [9.17, 15) is 18.0 Å². The maximum Gasteiger partial charge on any atom is 0.317 e. The summed E-state index contributed by atoms with van der Waals surface area (Å²) in [5.74, 6) is -1.02. The van der Waals surface area contributed by atoms with Gasteiger partial charge in [-0.25, -0.2) is 13.2 Å². The molecule has 2 amide bonds. The molecule has 7 nitrogen and oxygen atoms in total. The van der Waals surface area contributed by atoms with E-state index in [0.717, 1.165) is 6.42 Å². The van der Waals surface area contributed by atoms with E-state index in [1.165, 1.54) is 4.90 Å². The molecule has 0 spiro atoms. The molecule has 1 aliphatic heterocycles. The molecule has 2 N–H and O–H groups in total. The number of nitrogens with one attached hydrogen (secondary N) is 1. The van der Waals surface area contributed by atoms with Gasteiger partial charge < -0.3 is 15.3 Å². The van der Waals surface area contributed by atoms with E-state index in [1.54, 1.807) is 0 Å². The summed E-state index contributed by atoms with van der Waals surface area (Å²) in [7, 11) is -3.02. The van der Waals surface area contributed by atoms with Gasteiger partial charge >= 0.3 is 12.0 Å². The first-order valence-electron chi connectivity index (χ1n) is 6.31. The Hall–Kier alpha value is -1.31. The Balaban J connectivity index is 2.50. The summed E-state index contributed by atoms with van der Waals surface area (Å²) >= 11 is 0. The maximum absolute atomic E-state index is 11.9. The van der Waals surface area contributed by atoms with Gasteiger partial charge in [-0.2, -0.15) is 0 Å². The Kier molecular flexibility index (Phi) is 5.59. The molecule has 1 atom stereocenters. The van der Waals surface area contributed by atoms with Gasteiger partial charge in [0.05, 0.1) is 17.9 Å². The Morgan fingerprint density at radius 2 is 1.89 bits per heavy atom. The second-order valence-corrected chi connectivity index (χ2v) is 6.98. The molecule has 1 rings (SSSR count). The van der Waals surface area contributed by atoms with Crippen LogP contribution in [-0.2, 0) is 14.6 Å². The fourth-order valence-corrected chi connectivity index (χ4v) is 3.17. The van der Waals surface area contributed by atoms with Crippen molar-refractivity contribution in [3.05, 3.63) is 0 Å². The molecular weight excluding hydrogens is 272 g/mol. The highest BCUT2D eigenvalue weighted by atomic mass is 32.2. The number of carbonyl (C=O) groups is 2. The number of sulfone groups is 1. The molecule has 1 aliphatic rings. The number of carboxylic acid groups (broad SMARTS) is 1. The lowest BCUT2D eigenvalue weighted by Gasteiger charge is -2.28. The third kappa shape index (κ3) is 5.46. The zero-order valence-electron chi connectivity index (χ0n) is 11.0. The fourth-order valence-electron chi connectivity index (χ4n) is 1.97. The van der Waals surface area contributed by atoms with Gasteiger partial charge in [0.1, 0.15) is 0 Å². The second-order valence-electron chi connectivity index (χ2n) is 4.67. The van der Waals surface area contributed by atoms with Gasteiger partial charge in [-0.15, -0.1) is 0 Å². The highest BCUT2D eigenvalue weighted by Gasteiger charge is 2.26. The summed E-state index contributed by atoms with van der Waals surface area (Å²) in [6, 6.07) is -0.789. The van der Waals surface area contributed by atoms with Crippen molar-refractivity contribution in [2.45, 2.75) is 32.2 Å². The molecule has 0 aromatic rings. The lowest BCUT2D eigenvalue weighted by atomic mass is 10.1. The van der Waals surface area contributed by atoms with E-state index in [2.05, 4.69) is 5.32 Å². The predicted molar refractivity (Wildman–Crippen MR) is 69.7 cm³/mol. The van der Waals surface area contributed by atoms with E-state index in [1.807, 2.05) is 6.92 Å². The Labute approximate surface area is 112 Å². The van der Waals surface area contributed by atoms with Crippen molar-refractivity contribution in [1.29, 1.82) is 0 Å². The van der Waals surface area contributed by atoms with Gasteiger partial charge in [-0.1, -0.05) is 13.3 Å². The molecule has 0 radical (unpaired) electrons. The number of rotatable bonds is 5. The third-order valence-electron chi connectivity index (χ3n) is 3.02. The van der Waals surface area contributed by atoms with Crippen molar-refractivity contribution in [2.24, 2.45) is 0 Å². The van der Waals surface area contributed by atoms with Gasteiger partial charge in [0.25, 0.3) is 0 Å². The highest BCUT2D eigenvalue weighted by molar-refractivity contribution is 7.91. The van der Waals surface area contributed by atoms with Crippen LogP contribution in [0.4, 0.5) is 4.79 Å². The number of aliphatic carboxylic acids is 1. The molecule has 1 unspecified atom stereocenters. The van der Waals surface area contributed by atoms with E-state index in [-0.39, 0.29) is 37.0 Å². The largest absolute Gasteiger partial charge is 0.481 e. The van der Waals surface area contributed by atoms with Crippen molar-refractivity contribution in [3.63, 3.8) is 0 Å². The van der Waals surface area contributed by atoms with Crippen molar-refractivity contribution < 1.29 is 23.1 Å². The number of carbonyl (C=O) groups excluding carboxylic acids is 1. The van der Waals surface area contributed by atoms with Gasteiger partial charge in [-0.3, -0.25) is 4.79 Å². The molecule has 110 valence electrons. The van der Waals surface area contributed by atoms with Crippen LogP contribution in [0.1, 0.15) is 26.2 Å². The smallest absolute Gasteiger partial charge is 0.317 e. The molecule has 0 saturated carbocycles.